The second-order valence-electron chi connectivity index (χ2n) is 13.9. The molecule has 12 aromatic rings. The molecule has 55 heavy (non-hydrogen) atoms. The summed E-state index contributed by atoms with van der Waals surface area (Å²) in [7, 11) is 0. The molecule has 0 saturated carbocycles. The normalized spacial score (nSPS) is 12.0. The fourth-order valence-electron chi connectivity index (χ4n) is 8.24. The summed E-state index contributed by atoms with van der Waals surface area (Å²) < 4.78 is 19.3. The summed E-state index contributed by atoms with van der Waals surface area (Å²) in [5.41, 5.74) is 9.41. The molecule has 0 unspecified atom stereocenters. The van der Waals surface area contributed by atoms with Crippen LogP contribution in [0.4, 0.5) is 0 Å². The van der Waals surface area contributed by atoms with Crippen molar-refractivity contribution < 1.29 is 13.3 Å². The van der Waals surface area contributed by atoms with Gasteiger partial charge in [0.1, 0.15) is 33.5 Å². The van der Waals surface area contributed by atoms with Crippen LogP contribution in [0.5, 0.6) is 0 Å². The van der Waals surface area contributed by atoms with E-state index in [-0.39, 0.29) is 0 Å². The van der Waals surface area contributed by atoms with Gasteiger partial charge in [-0.15, -0.1) is 0 Å². The van der Waals surface area contributed by atoms with E-state index < -0.39 is 0 Å². The average Bonchev–Trinajstić information content (AvgIpc) is 3.94. The highest BCUT2D eigenvalue weighted by molar-refractivity contribution is 6.17. The maximum Gasteiger partial charge on any atom is 0.164 e. The van der Waals surface area contributed by atoms with Crippen LogP contribution in [0.3, 0.4) is 0 Å². The number of benzene rings is 8. The second-order valence-corrected chi connectivity index (χ2v) is 13.9. The third kappa shape index (κ3) is 4.58. The first kappa shape index (κ1) is 29.9. The Morgan fingerprint density at radius 1 is 0.291 bits per heavy atom. The minimum absolute atomic E-state index is 0.542. The molecular weight excluding hydrogens is 679 g/mol. The zero-order valence-electron chi connectivity index (χ0n) is 29.2. The molecule has 4 aromatic heterocycles. The van der Waals surface area contributed by atoms with Crippen LogP contribution in [0, 0.1) is 0 Å². The van der Waals surface area contributed by atoms with Crippen LogP contribution in [-0.2, 0) is 0 Å². The van der Waals surface area contributed by atoms with Crippen molar-refractivity contribution >= 4 is 76.6 Å². The highest BCUT2D eigenvalue weighted by Crippen LogP contribution is 2.44. The van der Waals surface area contributed by atoms with E-state index in [1.807, 2.05) is 78.9 Å². The highest BCUT2D eigenvalue weighted by Gasteiger charge is 2.23. The fourth-order valence-corrected chi connectivity index (χ4v) is 8.24. The van der Waals surface area contributed by atoms with Gasteiger partial charge in [-0.3, -0.25) is 0 Å². The lowest BCUT2D eigenvalue weighted by atomic mass is 9.95. The van der Waals surface area contributed by atoms with E-state index >= 15 is 0 Å². The van der Waals surface area contributed by atoms with Crippen molar-refractivity contribution in [1.29, 1.82) is 0 Å². The van der Waals surface area contributed by atoms with Crippen LogP contribution >= 0.6 is 0 Å². The van der Waals surface area contributed by atoms with Crippen molar-refractivity contribution in [2.75, 3.05) is 0 Å². The number of aromatic nitrogens is 3. The van der Waals surface area contributed by atoms with Crippen LogP contribution in [0.2, 0.25) is 0 Å². The first-order valence-corrected chi connectivity index (χ1v) is 18.3. The van der Waals surface area contributed by atoms with Gasteiger partial charge in [-0.25, -0.2) is 15.0 Å². The van der Waals surface area contributed by atoms with Gasteiger partial charge in [0.2, 0.25) is 0 Å². The minimum atomic E-state index is 0.542. The average molecular weight is 706 g/mol. The van der Waals surface area contributed by atoms with E-state index in [9.17, 15) is 0 Å². The molecule has 0 fully saturated rings. The maximum absolute atomic E-state index is 6.62. The second kappa shape index (κ2) is 11.5. The Morgan fingerprint density at radius 3 is 1.45 bits per heavy atom. The van der Waals surface area contributed by atoms with Crippen LogP contribution in [-0.4, -0.2) is 15.0 Å². The SMILES string of the molecule is c1ccc2cc(-c3nc(-c4cccc5oc6ccccc6c45)nc(-c4cc(-c5cccc6oc7ccccc7c56)cc5oc6ccccc6c45)n3)ccc2c1. The summed E-state index contributed by atoms with van der Waals surface area (Å²) in [4.78, 5) is 15.9. The lowest BCUT2D eigenvalue weighted by molar-refractivity contribution is 0.668. The predicted molar refractivity (Wildman–Crippen MR) is 221 cm³/mol. The molecule has 0 aliphatic carbocycles. The Bertz CT molecular complexity index is 3520. The molecule has 8 aromatic carbocycles. The molecule has 4 heterocycles. The van der Waals surface area contributed by atoms with E-state index in [0.717, 1.165) is 104 Å². The molecule has 0 radical (unpaired) electrons. The van der Waals surface area contributed by atoms with Crippen LogP contribution in [0.15, 0.2) is 177 Å². The van der Waals surface area contributed by atoms with Crippen molar-refractivity contribution in [3.8, 4) is 45.3 Å². The van der Waals surface area contributed by atoms with Gasteiger partial charge in [0.25, 0.3) is 0 Å². The molecule has 0 amide bonds. The summed E-state index contributed by atoms with van der Waals surface area (Å²) in [6, 6.07) is 55.7. The predicted octanol–water partition coefficient (Wildman–Crippen LogP) is 13.4. The number of hydrogen-bond donors (Lipinski definition) is 0. The van der Waals surface area contributed by atoms with Gasteiger partial charge >= 0.3 is 0 Å². The molecule has 6 nitrogen and oxygen atoms in total. The zero-order valence-corrected chi connectivity index (χ0v) is 29.2. The summed E-state index contributed by atoms with van der Waals surface area (Å²) in [6.07, 6.45) is 0. The zero-order chi connectivity index (χ0) is 36.0. The van der Waals surface area contributed by atoms with Crippen LogP contribution < -0.4 is 0 Å². The molecule has 6 heteroatoms. The van der Waals surface area contributed by atoms with Crippen molar-refractivity contribution in [1.82, 2.24) is 15.0 Å². The molecule has 0 aliphatic heterocycles. The van der Waals surface area contributed by atoms with E-state index in [1.54, 1.807) is 0 Å². The Hall–Kier alpha value is -7.57. The lowest BCUT2D eigenvalue weighted by Crippen LogP contribution is -2.01. The molecule has 0 saturated heterocycles. The number of furan rings is 3. The fraction of sp³-hybridized carbons (Fsp3) is 0. The molecule has 0 N–H and O–H groups in total. The molecule has 256 valence electrons. The first-order valence-electron chi connectivity index (χ1n) is 18.3. The monoisotopic (exact) mass is 705 g/mol. The lowest BCUT2D eigenvalue weighted by Gasteiger charge is -2.12. The van der Waals surface area contributed by atoms with E-state index in [0.29, 0.717) is 17.5 Å². The number of fused-ring (bicyclic) bond motifs is 10. The van der Waals surface area contributed by atoms with Crippen molar-refractivity contribution in [3.63, 3.8) is 0 Å². The largest absolute Gasteiger partial charge is 0.456 e. The van der Waals surface area contributed by atoms with Crippen LogP contribution in [0.25, 0.3) is 122 Å². The van der Waals surface area contributed by atoms with Gasteiger partial charge < -0.3 is 13.3 Å². The number of hydrogen-bond acceptors (Lipinski definition) is 6. The van der Waals surface area contributed by atoms with Gasteiger partial charge in [-0.05, 0) is 70.4 Å². The van der Waals surface area contributed by atoms with E-state index in [4.69, 9.17) is 28.2 Å². The van der Waals surface area contributed by atoms with Gasteiger partial charge in [0, 0.05) is 49.0 Å². The smallest absolute Gasteiger partial charge is 0.164 e. The van der Waals surface area contributed by atoms with Crippen molar-refractivity contribution in [3.05, 3.63) is 164 Å². The first-order chi connectivity index (χ1) is 27.2. The Morgan fingerprint density at radius 2 is 0.782 bits per heavy atom. The molecule has 0 bridgehead atoms. The molecular formula is C49H27N3O3. The standard InChI is InChI=1S/C49H27N3O3/c1-2-12-29-25-30(24-23-28(29)11-1)47-50-48(36-17-10-22-42-45(36)34-14-4-7-19-39(34)54-42)52-49(51-47)37-26-31(27-43-46(37)35-15-5-8-20-40(35)55-43)32-16-9-21-41-44(32)33-13-3-6-18-38(33)53-41/h1-27H. The van der Waals surface area contributed by atoms with E-state index in [2.05, 4.69) is 84.9 Å². The summed E-state index contributed by atoms with van der Waals surface area (Å²) in [5.74, 6) is 1.67. The third-order valence-corrected chi connectivity index (χ3v) is 10.7. The van der Waals surface area contributed by atoms with Crippen molar-refractivity contribution in [2.24, 2.45) is 0 Å². The van der Waals surface area contributed by atoms with Gasteiger partial charge in [-0.2, -0.15) is 0 Å². The minimum Gasteiger partial charge on any atom is -0.456 e. The quantitative estimate of drug-likeness (QED) is 0.181. The number of rotatable bonds is 4. The Balaban J connectivity index is 1.18. The van der Waals surface area contributed by atoms with Gasteiger partial charge in [0.15, 0.2) is 17.5 Å². The molecule has 0 aliphatic rings. The highest BCUT2D eigenvalue weighted by atomic mass is 16.3. The molecule has 12 rings (SSSR count). The molecule has 0 atom stereocenters. The number of nitrogens with zero attached hydrogens (tertiary/aromatic N) is 3. The Kier molecular flexibility index (Phi) is 6.24. The number of para-hydroxylation sites is 3. The molecule has 0 spiro atoms. The van der Waals surface area contributed by atoms with Gasteiger partial charge in [0.05, 0.1) is 0 Å². The van der Waals surface area contributed by atoms with E-state index in [1.165, 1.54) is 0 Å². The summed E-state index contributed by atoms with van der Waals surface area (Å²) in [5, 5.41) is 8.26. The topological polar surface area (TPSA) is 78.1 Å². The van der Waals surface area contributed by atoms with Crippen molar-refractivity contribution in [2.45, 2.75) is 0 Å². The summed E-state index contributed by atoms with van der Waals surface area (Å²) in [6.45, 7) is 0. The Labute approximate surface area is 312 Å². The van der Waals surface area contributed by atoms with Crippen LogP contribution in [0.1, 0.15) is 0 Å². The maximum atomic E-state index is 6.62. The van der Waals surface area contributed by atoms with Gasteiger partial charge in [-0.1, -0.05) is 115 Å². The summed E-state index contributed by atoms with van der Waals surface area (Å²) >= 11 is 0. The third-order valence-electron chi connectivity index (χ3n) is 10.7.